The van der Waals surface area contributed by atoms with Crippen LogP contribution in [0.1, 0.15) is 46.4 Å². The zero-order valence-corrected chi connectivity index (χ0v) is 16.1. The Balaban J connectivity index is 1.93. The molecule has 0 aliphatic heterocycles. The van der Waals surface area contributed by atoms with Gasteiger partial charge in [0.1, 0.15) is 23.1 Å². The van der Waals surface area contributed by atoms with Crippen molar-refractivity contribution in [3.05, 3.63) is 58.4 Å². The summed E-state index contributed by atoms with van der Waals surface area (Å²) >= 11 is 0. The minimum atomic E-state index is -1.54. The van der Waals surface area contributed by atoms with Gasteiger partial charge in [0, 0.05) is 24.1 Å². The molecule has 29 heavy (non-hydrogen) atoms. The van der Waals surface area contributed by atoms with E-state index in [1.807, 2.05) is 13.0 Å². The number of halogens is 2. The van der Waals surface area contributed by atoms with Gasteiger partial charge in [-0.15, -0.1) is 0 Å². The number of carbonyl (C=O) groups is 2. The number of pyridine rings is 1. The summed E-state index contributed by atoms with van der Waals surface area (Å²) < 4.78 is 31.3. The molecular weight excluding hydrogens is 378 g/mol. The van der Waals surface area contributed by atoms with Crippen LogP contribution in [0.3, 0.4) is 0 Å². The van der Waals surface area contributed by atoms with E-state index in [9.17, 15) is 18.4 Å². The summed E-state index contributed by atoms with van der Waals surface area (Å²) in [5.41, 5.74) is 1.16. The van der Waals surface area contributed by atoms with Crippen molar-refractivity contribution in [1.29, 1.82) is 0 Å². The molecule has 4 rings (SSSR count). The van der Waals surface area contributed by atoms with Gasteiger partial charge >= 0.3 is 5.97 Å². The smallest absolute Gasteiger partial charge is 0.338 e. The molecule has 0 radical (unpaired) electrons. The van der Waals surface area contributed by atoms with Gasteiger partial charge in [0.15, 0.2) is 0 Å². The van der Waals surface area contributed by atoms with Crippen LogP contribution in [0.4, 0.5) is 8.78 Å². The largest absolute Gasteiger partial charge is 0.478 e. The van der Waals surface area contributed by atoms with Crippen molar-refractivity contribution in [3.8, 4) is 11.3 Å². The number of Topliss-reactive ketones (excluding diaryl/α,β-unsaturated/α-hetero) is 1. The lowest BCUT2D eigenvalue weighted by Crippen LogP contribution is -2.24. The predicted octanol–water partition coefficient (Wildman–Crippen LogP) is 4.51. The Bertz CT molecular complexity index is 1160. The zero-order valence-electron chi connectivity index (χ0n) is 16.1. The van der Waals surface area contributed by atoms with Crippen molar-refractivity contribution in [3.63, 3.8) is 0 Å². The molecule has 1 fully saturated rings. The van der Waals surface area contributed by atoms with Gasteiger partial charge in [-0.3, -0.25) is 4.79 Å². The summed E-state index contributed by atoms with van der Waals surface area (Å²) in [6.07, 6.45) is 4.54. The van der Waals surface area contributed by atoms with Gasteiger partial charge in [-0.05, 0) is 56.0 Å². The number of carbonyl (C=O) groups excluding carboxylic acids is 1. The van der Waals surface area contributed by atoms with Crippen LogP contribution in [0.5, 0.6) is 0 Å². The molecular formula is C22H20F2N2O3. The molecule has 7 heteroatoms. The lowest BCUT2D eigenvalue weighted by Gasteiger charge is -2.23. The topological polar surface area (TPSA) is 71.7 Å². The third-order valence-corrected chi connectivity index (χ3v) is 5.70. The number of hydrogen-bond donors (Lipinski definition) is 1. The number of rotatable bonds is 5. The van der Waals surface area contributed by atoms with Crippen LogP contribution in [0.2, 0.25) is 0 Å². The number of carboxylic acids is 1. The summed E-state index contributed by atoms with van der Waals surface area (Å²) in [4.78, 5) is 28.4. The van der Waals surface area contributed by atoms with Gasteiger partial charge in [0.25, 0.3) is 0 Å². The van der Waals surface area contributed by atoms with E-state index in [0.717, 1.165) is 24.8 Å². The van der Waals surface area contributed by atoms with Crippen LogP contribution in [0, 0.1) is 31.4 Å². The Morgan fingerprint density at radius 1 is 1.24 bits per heavy atom. The third kappa shape index (κ3) is 3.20. The molecule has 0 atom stereocenters. The first kappa shape index (κ1) is 19.2. The second kappa shape index (κ2) is 7.06. The first-order valence-corrected chi connectivity index (χ1v) is 9.50. The maximum atomic E-state index is 14.9. The van der Waals surface area contributed by atoms with Crippen molar-refractivity contribution in [2.24, 2.45) is 5.92 Å². The number of aryl methyl sites for hydroxylation is 1. The number of carboxylic acid groups (broad SMARTS) is 1. The Morgan fingerprint density at radius 3 is 2.59 bits per heavy atom. The molecule has 0 amide bonds. The molecule has 1 aliphatic rings. The molecule has 0 saturated heterocycles. The summed E-state index contributed by atoms with van der Waals surface area (Å²) in [5.74, 6) is -3.37. The van der Waals surface area contributed by atoms with Gasteiger partial charge < -0.3 is 9.51 Å². The molecule has 5 nitrogen and oxygen atoms in total. The van der Waals surface area contributed by atoms with E-state index in [0.29, 0.717) is 17.4 Å². The highest BCUT2D eigenvalue weighted by Gasteiger charge is 2.29. The second-order valence-electron chi connectivity index (χ2n) is 7.64. The molecule has 1 aliphatic carbocycles. The molecule has 3 aromatic rings. The van der Waals surface area contributed by atoms with E-state index >= 15 is 0 Å². The fourth-order valence-corrected chi connectivity index (χ4v) is 3.81. The quantitative estimate of drug-likeness (QED) is 0.687. The number of nitrogens with zero attached hydrogens (tertiary/aromatic N) is 2. The highest BCUT2D eigenvalue weighted by Crippen LogP contribution is 2.35. The van der Waals surface area contributed by atoms with Crippen molar-refractivity contribution in [1.82, 2.24) is 9.38 Å². The number of fused-ring (bicyclic) bond motifs is 1. The van der Waals surface area contributed by atoms with Crippen LogP contribution in [-0.4, -0.2) is 26.2 Å². The van der Waals surface area contributed by atoms with E-state index in [1.165, 1.54) is 6.92 Å². The van der Waals surface area contributed by atoms with Crippen molar-refractivity contribution < 1.29 is 23.5 Å². The molecule has 0 unspecified atom stereocenters. The molecule has 1 aromatic carbocycles. The predicted molar refractivity (Wildman–Crippen MR) is 103 cm³/mol. The SMILES string of the molecule is Cc1ccn2c(CC(=O)C3CCC3)c(-c3c(F)cc(C(=O)O)c(F)c3C)nc2c1. The van der Waals surface area contributed by atoms with Gasteiger partial charge in [0.05, 0.1) is 17.0 Å². The fraction of sp³-hybridized carbons (Fsp3) is 0.318. The van der Waals surface area contributed by atoms with Crippen LogP contribution in [-0.2, 0) is 11.2 Å². The maximum Gasteiger partial charge on any atom is 0.338 e. The van der Waals surface area contributed by atoms with Crippen molar-refractivity contribution in [2.75, 3.05) is 0 Å². The van der Waals surface area contributed by atoms with Crippen LogP contribution in [0.25, 0.3) is 16.9 Å². The minimum Gasteiger partial charge on any atom is -0.478 e. The van der Waals surface area contributed by atoms with E-state index in [2.05, 4.69) is 4.98 Å². The average Bonchev–Trinajstić information content (AvgIpc) is 2.93. The number of aromatic carboxylic acids is 1. The zero-order chi connectivity index (χ0) is 20.9. The summed E-state index contributed by atoms with van der Waals surface area (Å²) in [5, 5.41) is 9.12. The van der Waals surface area contributed by atoms with Crippen molar-refractivity contribution >= 4 is 17.4 Å². The lowest BCUT2D eigenvalue weighted by molar-refractivity contribution is -0.124. The summed E-state index contributed by atoms with van der Waals surface area (Å²) in [6, 6.07) is 4.33. The Kier molecular flexibility index (Phi) is 4.68. The van der Waals surface area contributed by atoms with E-state index in [1.54, 1.807) is 16.7 Å². The van der Waals surface area contributed by atoms with E-state index < -0.39 is 23.2 Å². The highest BCUT2D eigenvalue weighted by atomic mass is 19.1. The monoisotopic (exact) mass is 398 g/mol. The van der Waals surface area contributed by atoms with Crippen LogP contribution in [0.15, 0.2) is 24.4 Å². The van der Waals surface area contributed by atoms with Gasteiger partial charge in [0.2, 0.25) is 0 Å². The highest BCUT2D eigenvalue weighted by molar-refractivity contribution is 5.90. The van der Waals surface area contributed by atoms with Gasteiger partial charge in [-0.1, -0.05) is 6.42 Å². The Hall–Kier alpha value is -3.09. The number of ketones is 1. The maximum absolute atomic E-state index is 14.9. The summed E-state index contributed by atoms with van der Waals surface area (Å²) in [7, 11) is 0. The molecule has 1 N–H and O–H groups in total. The first-order chi connectivity index (χ1) is 13.8. The molecule has 0 bridgehead atoms. The fourth-order valence-electron chi connectivity index (χ4n) is 3.81. The Morgan fingerprint density at radius 2 is 1.97 bits per heavy atom. The van der Waals surface area contributed by atoms with Gasteiger partial charge in [-0.2, -0.15) is 0 Å². The Labute approximate surface area is 166 Å². The molecule has 150 valence electrons. The number of benzene rings is 1. The molecule has 0 spiro atoms. The van der Waals surface area contributed by atoms with Crippen LogP contribution < -0.4 is 0 Å². The normalized spacial score (nSPS) is 14.2. The summed E-state index contributed by atoms with van der Waals surface area (Å²) in [6.45, 7) is 3.22. The lowest BCUT2D eigenvalue weighted by atomic mass is 9.80. The molecule has 2 aromatic heterocycles. The van der Waals surface area contributed by atoms with E-state index in [-0.39, 0.29) is 34.9 Å². The van der Waals surface area contributed by atoms with Crippen molar-refractivity contribution in [2.45, 2.75) is 39.5 Å². The second-order valence-corrected chi connectivity index (χ2v) is 7.64. The molecule has 1 saturated carbocycles. The minimum absolute atomic E-state index is 0.00378. The number of hydrogen-bond acceptors (Lipinski definition) is 3. The van der Waals surface area contributed by atoms with Crippen LogP contribution >= 0.6 is 0 Å². The molecule has 2 heterocycles. The number of aromatic nitrogens is 2. The standard InChI is InChI=1S/C22H20F2N2O3/c1-11-6-7-26-16(10-17(27)13-4-3-5-13)21(25-18(26)8-11)19-12(2)20(24)14(22(28)29)9-15(19)23/h6-9,13H,3-5,10H2,1-2H3,(H,28,29). The average molecular weight is 398 g/mol. The first-order valence-electron chi connectivity index (χ1n) is 9.50. The third-order valence-electron chi connectivity index (χ3n) is 5.70. The van der Waals surface area contributed by atoms with Gasteiger partial charge in [-0.25, -0.2) is 18.6 Å². The number of imidazole rings is 1. The van der Waals surface area contributed by atoms with E-state index in [4.69, 9.17) is 5.11 Å².